The van der Waals surface area contributed by atoms with Crippen molar-refractivity contribution < 1.29 is 14.4 Å². The minimum absolute atomic E-state index is 0.303. The van der Waals surface area contributed by atoms with E-state index in [0.717, 1.165) is 44.2 Å². The van der Waals surface area contributed by atoms with Crippen molar-refractivity contribution in [2.45, 2.75) is 26.8 Å². The number of ether oxygens (including phenoxy) is 1. The minimum atomic E-state index is 0.303. The zero-order chi connectivity index (χ0) is 18.4. The van der Waals surface area contributed by atoms with Crippen LogP contribution in [0.5, 0.6) is 11.5 Å². The summed E-state index contributed by atoms with van der Waals surface area (Å²) in [7, 11) is 0. The molecule has 1 aliphatic heterocycles. The lowest BCUT2D eigenvalue weighted by Gasteiger charge is -2.32. The third-order valence-electron chi connectivity index (χ3n) is 4.74. The van der Waals surface area contributed by atoms with E-state index in [-0.39, 0.29) is 0 Å². The Morgan fingerprint density at radius 3 is 2.42 bits per heavy atom. The van der Waals surface area contributed by atoms with E-state index in [2.05, 4.69) is 32.0 Å². The molecule has 4 nitrogen and oxygen atoms in total. The molecule has 0 bridgehead atoms. The van der Waals surface area contributed by atoms with Crippen molar-refractivity contribution in [3.63, 3.8) is 0 Å². The van der Waals surface area contributed by atoms with Gasteiger partial charge in [0.25, 0.3) is 0 Å². The summed E-state index contributed by atoms with van der Waals surface area (Å²) in [5.74, 6) is 2.46. The van der Waals surface area contributed by atoms with Crippen LogP contribution < -0.4 is 9.64 Å². The van der Waals surface area contributed by atoms with Crippen LogP contribution in [0.1, 0.15) is 25.8 Å². The Balaban J connectivity index is 1.52. The molecule has 138 valence electrons. The molecule has 4 heteroatoms. The summed E-state index contributed by atoms with van der Waals surface area (Å²) in [5.41, 5.74) is 1.27. The molecule has 1 N–H and O–H groups in total. The molecule has 1 amide bonds. The van der Waals surface area contributed by atoms with E-state index in [1.54, 1.807) is 0 Å². The predicted molar refractivity (Wildman–Crippen MR) is 103 cm³/mol. The minimum Gasteiger partial charge on any atom is -0.457 e. The van der Waals surface area contributed by atoms with Gasteiger partial charge >= 0.3 is 0 Å². The summed E-state index contributed by atoms with van der Waals surface area (Å²) in [4.78, 5) is 15.7. The summed E-state index contributed by atoms with van der Waals surface area (Å²) >= 11 is 0. The number of amides is 1. The molecule has 0 aromatic heterocycles. The largest absolute Gasteiger partial charge is 0.457 e. The van der Waals surface area contributed by atoms with Crippen LogP contribution in [-0.2, 0) is 11.3 Å². The number of para-hydroxylation sites is 1. The summed E-state index contributed by atoms with van der Waals surface area (Å²) in [6.45, 7) is 8.91. The number of hydrogen-bond donors (Lipinski definition) is 1. The van der Waals surface area contributed by atoms with E-state index in [1.807, 2.05) is 41.3 Å². The van der Waals surface area contributed by atoms with Gasteiger partial charge in [-0.3, -0.25) is 4.79 Å². The second kappa shape index (κ2) is 8.86. The first-order valence-electron chi connectivity index (χ1n) is 9.53. The van der Waals surface area contributed by atoms with Crippen molar-refractivity contribution in [2.24, 2.45) is 5.92 Å². The van der Waals surface area contributed by atoms with Crippen LogP contribution in [0.4, 0.5) is 0 Å². The zero-order valence-corrected chi connectivity index (χ0v) is 15.8. The molecule has 1 fully saturated rings. The maximum absolute atomic E-state index is 12.2. The molecule has 0 radical (unpaired) electrons. The lowest BCUT2D eigenvalue weighted by molar-refractivity contribution is -0.917. The highest BCUT2D eigenvalue weighted by Gasteiger charge is 2.24. The fourth-order valence-corrected chi connectivity index (χ4v) is 3.36. The number of nitrogens with zero attached hydrogens (tertiary/aromatic N) is 1. The van der Waals surface area contributed by atoms with Crippen LogP contribution >= 0.6 is 0 Å². The van der Waals surface area contributed by atoms with Crippen molar-refractivity contribution in [2.75, 3.05) is 26.2 Å². The molecule has 0 unspecified atom stereocenters. The number of hydrogen-bond acceptors (Lipinski definition) is 2. The average Bonchev–Trinajstić information content (AvgIpc) is 2.63. The molecule has 0 spiro atoms. The van der Waals surface area contributed by atoms with Gasteiger partial charge < -0.3 is 14.5 Å². The van der Waals surface area contributed by atoms with E-state index < -0.39 is 0 Å². The molecule has 2 aromatic carbocycles. The SMILES string of the molecule is CC(C)CC(=O)N1CC[NH+](Cc2cccc(Oc3ccccc3)c2)CC1. The van der Waals surface area contributed by atoms with Gasteiger partial charge in [-0.05, 0) is 30.2 Å². The summed E-state index contributed by atoms with van der Waals surface area (Å²) < 4.78 is 5.93. The number of carbonyl (C=O) groups is 1. The van der Waals surface area contributed by atoms with Gasteiger partial charge in [0.1, 0.15) is 18.0 Å². The van der Waals surface area contributed by atoms with Crippen LogP contribution in [0.15, 0.2) is 54.6 Å². The topological polar surface area (TPSA) is 34.0 Å². The van der Waals surface area contributed by atoms with Crippen molar-refractivity contribution in [3.8, 4) is 11.5 Å². The fourth-order valence-electron chi connectivity index (χ4n) is 3.36. The summed E-state index contributed by atoms with van der Waals surface area (Å²) in [6.07, 6.45) is 0.661. The molecule has 0 aliphatic carbocycles. The lowest BCUT2D eigenvalue weighted by Crippen LogP contribution is -3.13. The first-order valence-corrected chi connectivity index (χ1v) is 9.53. The second-order valence-electron chi connectivity index (χ2n) is 7.47. The molecular weight excluding hydrogens is 324 g/mol. The number of piperazine rings is 1. The monoisotopic (exact) mass is 353 g/mol. The van der Waals surface area contributed by atoms with Crippen molar-refractivity contribution >= 4 is 5.91 Å². The number of benzene rings is 2. The molecular formula is C22H29N2O2+. The summed E-state index contributed by atoms with van der Waals surface area (Å²) in [6, 6.07) is 18.2. The van der Waals surface area contributed by atoms with Gasteiger partial charge in [0.15, 0.2) is 0 Å². The Morgan fingerprint density at radius 1 is 1.04 bits per heavy atom. The molecule has 3 rings (SSSR count). The van der Waals surface area contributed by atoms with Crippen molar-refractivity contribution in [3.05, 3.63) is 60.2 Å². The van der Waals surface area contributed by atoms with Gasteiger partial charge in [0.05, 0.1) is 26.2 Å². The highest BCUT2D eigenvalue weighted by atomic mass is 16.5. The van der Waals surface area contributed by atoms with Gasteiger partial charge in [0.2, 0.25) is 5.91 Å². The molecule has 1 aliphatic rings. The highest BCUT2D eigenvalue weighted by Crippen LogP contribution is 2.21. The maximum Gasteiger partial charge on any atom is 0.223 e. The van der Waals surface area contributed by atoms with Crippen LogP contribution in [0.2, 0.25) is 0 Å². The predicted octanol–water partition coefficient (Wildman–Crippen LogP) is 2.75. The van der Waals surface area contributed by atoms with E-state index in [1.165, 1.54) is 10.5 Å². The Kier molecular flexibility index (Phi) is 6.29. The Labute approximate surface area is 156 Å². The van der Waals surface area contributed by atoms with Crippen LogP contribution in [0.3, 0.4) is 0 Å². The highest BCUT2D eigenvalue weighted by molar-refractivity contribution is 5.76. The first-order chi connectivity index (χ1) is 12.6. The van der Waals surface area contributed by atoms with E-state index in [4.69, 9.17) is 4.74 Å². The van der Waals surface area contributed by atoms with E-state index >= 15 is 0 Å². The maximum atomic E-state index is 12.2. The smallest absolute Gasteiger partial charge is 0.223 e. The lowest BCUT2D eigenvalue weighted by atomic mass is 10.1. The van der Waals surface area contributed by atoms with Gasteiger partial charge in [-0.25, -0.2) is 0 Å². The second-order valence-corrected chi connectivity index (χ2v) is 7.47. The van der Waals surface area contributed by atoms with Crippen LogP contribution in [0, 0.1) is 5.92 Å². The Bertz CT molecular complexity index is 707. The first kappa shape index (κ1) is 18.5. The van der Waals surface area contributed by atoms with Gasteiger partial charge in [-0.1, -0.05) is 44.2 Å². The number of carbonyl (C=O) groups excluding carboxylic acids is 1. The Morgan fingerprint density at radius 2 is 1.73 bits per heavy atom. The third-order valence-corrected chi connectivity index (χ3v) is 4.74. The molecule has 26 heavy (non-hydrogen) atoms. The standard InChI is InChI=1S/C22H28N2O2/c1-18(2)15-22(25)24-13-11-23(12-14-24)17-19-7-6-10-21(16-19)26-20-8-4-3-5-9-20/h3-10,16,18H,11-15,17H2,1-2H3/p+1. The number of rotatable bonds is 6. The molecule has 0 atom stereocenters. The van der Waals surface area contributed by atoms with Gasteiger partial charge in [-0.2, -0.15) is 0 Å². The van der Waals surface area contributed by atoms with Gasteiger partial charge in [-0.15, -0.1) is 0 Å². The van der Waals surface area contributed by atoms with Crippen LogP contribution in [-0.4, -0.2) is 37.0 Å². The number of nitrogens with one attached hydrogen (secondary N) is 1. The average molecular weight is 353 g/mol. The Hall–Kier alpha value is -2.33. The van der Waals surface area contributed by atoms with E-state index in [9.17, 15) is 4.79 Å². The van der Waals surface area contributed by atoms with E-state index in [0.29, 0.717) is 18.2 Å². The molecule has 1 heterocycles. The van der Waals surface area contributed by atoms with Crippen LogP contribution in [0.25, 0.3) is 0 Å². The molecule has 2 aromatic rings. The van der Waals surface area contributed by atoms with Crippen molar-refractivity contribution in [1.29, 1.82) is 0 Å². The van der Waals surface area contributed by atoms with Crippen molar-refractivity contribution in [1.82, 2.24) is 4.90 Å². The normalized spacial score (nSPS) is 15.3. The molecule has 1 saturated heterocycles. The fraction of sp³-hybridized carbons (Fsp3) is 0.409. The van der Waals surface area contributed by atoms with Gasteiger partial charge in [0, 0.05) is 12.0 Å². The summed E-state index contributed by atoms with van der Waals surface area (Å²) in [5, 5.41) is 0. The quantitative estimate of drug-likeness (QED) is 0.866. The molecule has 0 saturated carbocycles. The number of quaternary nitrogens is 1. The zero-order valence-electron chi connectivity index (χ0n) is 15.8. The third kappa shape index (κ3) is 5.33.